The number of nitrogens with zero attached hydrogens (tertiary/aromatic N) is 2. The van der Waals surface area contributed by atoms with Gasteiger partial charge in [0.25, 0.3) is 17.7 Å². The lowest BCUT2D eigenvalue weighted by Crippen LogP contribution is -2.57. The van der Waals surface area contributed by atoms with Crippen molar-refractivity contribution in [3.63, 3.8) is 0 Å². The SMILES string of the molecule is CC(C)C(NC(=O)CN)C(=O)OCN1C(=O)CC[C@H](N2C(=O)c3ccccc3C2=O)C1=O. The van der Waals surface area contributed by atoms with E-state index in [4.69, 9.17) is 10.5 Å². The van der Waals surface area contributed by atoms with Crippen molar-refractivity contribution in [2.24, 2.45) is 11.7 Å². The van der Waals surface area contributed by atoms with Crippen molar-refractivity contribution < 1.29 is 33.5 Å². The van der Waals surface area contributed by atoms with Gasteiger partial charge in [-0.05, 0) is 24.5 Å². The predicted octanol–water partition coefficient (Wildman–Crippen LogP) is -0.600. The summed E-state index contributed by atoms with van der Waals surface area (Å²) in [7, 11) is 0. The van der Waals surface area contributed by atoms with Gasteiger partial charge in [0.1, 0.15) is 12.1 Å². The number of benzene rings is 1. The first-order valence-corrected chi connectivity index (χ1v) is 10.1. The number of amides is 5. The molecular formula is C21H24N4O7. The maximum atomic E-state index is 13.0. The van der Waals surface area contributed by atoms with Crippen molar-refractivity contribution in [3.05, 3.63) is 35.4 Å². The van der Waals surface area contributed by atoms with Crippen LogP contribution in [0.1, 0.15) is 47.4 Å². The quantitative estimate of drug-likeness (QED) is 0.417. The van der Waals surface area contributed by atoms with Crippen LogP contribution in [0.3, 0.4) is 0 Å². The molecular weight excluding hydrogens is 420 g/mol. The zero-order valence-electron chi connectivity index (χ0n) is 17.7. The molecule has 2 heterocycles. The fraction of sp³-hybridized carbons (Fsp3) is 0.429. The van der Waals surface area contributed by atoms with Crippen LogP contribution < -0.4 is 11.1 Å². The first kappa shape index (κ1) is 23.1. The zero-order chi connectivity index (χ0) is 23.6. The monoisotopic (exact) mass is 444 g/mol. The van der Waals surface area contributed by atoms with Crippen molar-refractivity contribution in [1.82, 2.24) is 15.1 Å². The molecule has 2 aliphatic rings. The van der Waals surface area contributed by atoms with Gasteiger partial charge in [-0.25, -0.2) is 9.69 Å². The number of piperidine rings is 1. The van der Waals surface area contributed by atoms with Crippen LogP contribution in [0.2, 0.25) is 0 Å². The Hall–Kier alpha value is -3.60. The van der Waals surface area contributed by atoms with E-state index in [0.29, 0.717) is 4.90 Å². The largest absolute Gasteiger partial charge is 0.442 e. The van der Waals surface area contributed by atoms with Crippen molar-refractivity contribution in [1.29, 1.82) is 0 Å². The number of nitrogens with one attached hydrogen (secondary N) is 1. The van der Waals surface area contributed by atoms with Crippen molar-refractivity contribution >= 4 is 35.5 Å². The summed E-state index contributed by atoms with van der Waals surface area (Å²) in [5.41, 5.74) is 5.64. The van der Waals surface area contributed by atoms with Crippen molar-refractivity contribution in [2.75, 3.05) is 13.3 Å². The molecule has 2 aliphatic heterocycles. The fourth-order valence-electron chi connectivity index (χ4n) is 3.64. The normalized spacial score (nSPS) is 19.3. The Balaban J connectivity index is 1.72. The minimum Gasteiger partial charge on any atom is -0.442 e. The Kier molecular flexibility index (Phi) is 6.68. The van der Waals surface area contributed by atoms with E-state index in [9.17, 15) is 28.8 Å². The van der Waals surface area contributed by atoms with Crippen molar-refractivity contribution in [2.45, 2.75) is 38.8 Å². The molecule has 0 aliphatic carbocycles. The van der Waals surface area contributed by atoms with Gasteiger partial charge >= 0.3 is 5.97 Å². The van der Waals surface area contributed by atoms with Gasteiger partial charge in [-0.2, -0.15) is 0 Å². The molecule has 1 saturated heterocycles. The van der Waals surface area contributed by atoms with Gasteiger partial charge in [0.2, 0.25) is 11.8 Å². The molecule has 5 amide bonds. The summed E-state index contributed by atoms with van der Waals surface area (Å²) in [6, 6.07) is 4.01. The summed E-state index contributed by atoms with van der Waals surface area (Å²) in [6.45, 7) is 2.34. The fourth-order valence-corrected chi connectivity index (χ4v) is 3.64. The molecule has 0 saturated carbocycles. The van der Waals surface area contributed by atoms with Gasteiger partial charge in [0.15, 0.2) is 6.73 Å². The third-order valence-corrected chi connectivity index (χ3v) is 5.38. The van der Waals surface area contributed by atoms with Gasteiger partial charge in [0, 0.05) is 6.42 Å². The number of imide groups is 2. The topological polar surface area (TPSA) is 156 Å². The average Bonchev–Trinajstić information content (AvgIpc) is 3.02. The van der Waals surface area contributed by atoms with Crippen LogP contribution in [0, 0.1) is 5.92 Å². The average molecular weight is 444 g/mol. The standard InChI is InChI=1S/C21H24N4O7/c1-11(2)17(23-15(26)9-22)21(31)32-10-24-16(27)8-7-14(20(24)30)25-18(28)12-5-3-4-6-13(12)19(25)29/h3-6,11,14,17H,7-10,22H2,1-2H3,(H,23,26)/t14-,17?/m0/s1. The van der Waals surface area contributed by atoms with Crippen LogP contribution in [0.5, 0.6) is 0 Å². The summed E-state index contributed by atoms with van der Waals surface area (Å²) in [4.78, 5) is 76.3. The summed E-state index contributed by atoms with van der Waals surface area (Å²) >= 11 is 0. The predicted molar refractivity (Wildman–Crippen MR) is 109 cm³/mol. The van der Waals surface area contributed by atoms with E-state index in [-0.39, 0.29) is 36.4 Å². The molecule has 11 heteroatoms. The number of carbonyl (C=O) groups is 6. The van der Waals surface area contributed by atoms with Gasteiger partial charge in [-0.1, -0.05) is 26.0 Å². The first-order chi connectivity index (χ1) is 15.2. The minimum atomic E-state index is -1.18. The molecule has 1 fully saturated rings. The maximum Gasteiger partial charge on any atom is 0.330 e. The molecule has 1 aromatic rings. The van der Waals surface area contributed by atoms with Crippen LogP contribution in [0.15, 0.2) is 24.3 Å². The molecule has 2 atom stereocenters. The second-order valence-corrected chi connectivity index (χ2v) is 7.83. The highest BCUT2D eigenvalue weighted by Gasteiger charge is 2.47. The lowest BCUT2D eigenvalue weighted by atomic mass is 10.0. The molecule has 32 heavy (non-hydrogen) atoms. The highest BCUT2D eigenvalue weighted by molar-refractivity contribution is 6.23. The van der Waals surface area contributed by atoms with E-state index in [1.165, 1.54) is 12.1 Å². The zero-order valence-corrected chi connectivity index (χ0v) is 17.7. The number of esters is 1. The van der Waals surface area contributed by atoms with E-state index in [0.717, 1.165) is 4.90 Å². The number of likely N-dealkylation sites (tertiary alicyclic amines) is 1. The maximum absolute atomic E-state index is 13.0. The lowest BCUT2D eigenvalue weighted by Gasteiger charge is -2.34. The summed E-state index contributed by atoms with van der Waals surface area (Å²) in [5.74, 6) is -4.36. The van der Waals surface area contributed by atoms with Crippen LogP contribution in [0.4, 0.5) is 0 Å². The number of hydrogen-bond donors (Lipinski definition) is 2. The van der Waals surface area contributed by atoms with Crippen LogP contribution >= 0.6 is 0 Å². The third kappa shape index (κ3) is 4.24. The van der Waals surface area contributed by atoms with E-state index in [2.05, 4.69) is 5.32 Å². The molecule has 11 nitrogen and oxygen atoms in total. The van der Waals surface area contributed by atoms with Gasteiger partial charge < -0.3 is 15.8 Å². The molecule has 3 rings (SSSR count). The van der Waals surface area contributed by atoms with Crippen molar-refractivity contribution in [3.8, 4) is 0 Å². The Labute approximate surface area is 183 Å². The second kappa shape index (κ2) is 9.27. The molecule has 0 radical (unpaired) electrons. The Morgan fingerprint density at radius 1 is 1.12 bits per heavy atom. The highest BCUT2D eigenvalue weighted by Crippen LogP contribution is 2.29. The van der Waals surface area contributed by atoms with E-state index >= 15 is 0 Å². The molecule has 3 N–H and O–H groups in total. The van der Waals surface area contributed by atoms with E-state index in [1.54, 1.807) is 26.0 Å². The van der Waals surface area contributed by atoms with Crippen LogP contribution in [-0.4, -0.2) is 70.7 Å². The Bertz CT molecular complexity index is 955. The minimum absolute atomic E-state index is 0.0191. The van der Waals surface area contributed by atoms with Crippen LogP contribution in [0.25, 0.3) is 0 Å². The molecule has 170 valence electrons. The third-order valence-electron chi connectivity index (χ3n) is 5.38. The van der Waals surface area contributed by atoms with Gasteiger partial charge in [0.05, 0.1) is 17.7 Å². The van der Waals surface area contributed by atoms with Gasteiger partial charge in [-0.3, -0.25) is 28.9 Å². The summed E-state index contributed by atoms with van der Waals surface area (Å²) < 4.78 is 5.12. The number of nitrogens with two attached hydrogens (primary N) is 1. The molecule has 0 bridgehead atoms. The van der Waals surface area contributed by atoms with E-state index < -0.39 is 54.3 Å². The van der Waals surface area contributed by atoms with E-state index in [1.807, 2.05) is 0 Å². The molecule has 0 aromatic heterocycles. The Morgan fingerprint density at radius 2 is 1.72 bits per heavy atom. The lowest BCUT2D eigenvalue weighted by molar-refractivity contribution is -0.165. The highest BCUT2D eigenvalue weighted by atomic mass is 16.5. The molecule has 1 unspecified atom stereocenters. The summed E-state index contributed by atoms with van der Waals surface area (Å²) in [6.07, 6.45) is -0.131. The summed E-state index contributed by atoms with van der Waals surface area (Å²) in [5, 5.41) is 2.43. The number of rotatable bonds is 7. The van der Waals surface area contributed by atoms with Gasteiger partial charge in [-0.15, -0.1) is 0 Å². The number of fused-ring (bicyclic) bond motifs is 1. The number of carbonyl (C=O) groups excluding carboxylic acids is 6. The first-order valence-electron chi connectivity index (χ1n) is 10.1. The molecule has 0 spiro atoms. The van der Waals surface area contributed by atoms with Crippen LogP contribution in [-0.2, 0) is 23.9 Å². The molecule has 1 aromatic carbocycles. The smallest absolute Gasteiger partial charge is 0.330 e. The number of ether oxygens (including phenoxy) is 1. The second-order valence-electron chi connectivity index (χ2n) is 7.83. The Morgan fingerprint density at radius 3 is 2.25 bits per heavy atom. The number of hydrogen-bond acceptors (Lipinski definition) is 8.